The van der Waals surface area contributed by atoms with Gasteiger partial charge in [0.05, 0.1) is 0 Å². The number of hydrogen-bond donors (Lipinski definition) is 4. The first-order chi connectivity index (χ1) is 4.85. The first-order valence-corrected chi connectivity index (χ1v) is 3.37. The molecule has 0 unspecified atom stereocenters. The summed E-state index contributed by atoms with van der Waals surface area (Å²) in [7, 11) is 5.59. The van der Waals surface area contributed by atoms with Gasteiger partial charge in [0.1, 0.15) is 0 Å². The summed E-state index contributed by atoms with van der Waals surface area (Å²) in [6.45, 7) is 1.78. The lowest BCUT2D eigenvalue weighted by Gasteiger charge is -2.18. The van der Waals surface area contributed by atoms with Crippen molar-refractivity contribution in [3.63, 3.8) is 0 Å². The summed E-state index contributed by atoms with van der Waals surface area (Å²) in [6, 6.07) is 0. The zero-order chi connectivity index (χ0) is 7.82. The molecule has 4 N–H and O–H groups in total. The third kappa shape index (κ3) is 7.99. The van der Waals surface area contributed by atoms with E-state index in [1.54, 1.807) is 0 Å². The summed E-state index contributed by atoms with van der Waals surface area (Å²) in [5, 5.41) is 1.88. The van der Waals surface area contributed by atoms with Gasteiger partial charge in [-0.05, 0) is 7.05 Å². The predicted molar refractivity (Wildman–Crippen MR) is 49.1 cm³/mol. The molecule has 0 fully saturated rings. The van der Waals surface area contributed by atoms with Gasteiger partial charge in [-0.25, -0.2) is 10.9 Å². The van der Waals surface area contributed by atoms with Gasteiger partial charge in [0.2, 0.25) is 0 Å². The molecule has 70 valence electrons. The van der Waals surface area contributed by atoms with E-state index < -0.39 is 0 Å². The molecule has 0 aliphatic carbocycles. The Morgan fingerprint density at radius 3 is 2.00 bits per heavy atom. The SMILES string of the molecule is CNNCCN(NC)NC.Cl. The first kappa shape index (κ1) is 13.7. The molecule has 0 saturated carbocycles. The molecule has 0 saturated heterocycles. The molecule has 0 amide bonds. The van der Waals surface area contributed by atoms with E-state index in [1.807, 2.05) is 26.3 Å². The molecule has 0 atom stereocenters. The minimum atomic E-state index is 0. The normalized spacial score (nSPS) is 9.82. The van der Waals surface area contributed by atoms with Crippen molar-refractivity contribution in [3.05, 3.63) is 0 Å². The number of hydrogen-bond acceptors (Lipinski definition) is 5. The molecule has 0 aromatic heterocycles. The lowest BCUT2D eigenvalue weighted by Crippen LogP contribution is -2.48. The molecule has 5 nitrogen and oxygen atoms in total. The average molecular weight is 184 g/mol. The Bertz CT molecular complexity index is 67.9. The van der Waals surface area contributed by atoms with E-state index in [-0.39, 0.29) is 12.4 Å². The van der Waals surface area contributed by atoms with Crippen LogP contribution in [0.5, 0.6) is 0 Å². The van der Waals surface area contributed by atoms with Crippen molar-refractivity contribution in [1.29, 1.82) is 0 Å². The van der Waals surface area contributed by atoms with Crippen molar-refractivity contribution in [2.24, 2.45) is 0 Å². The van der Waals surface area contributed by atoms with Gasteiger partial charge in [0.15, 0.2) is 0 Å². The number of rotatable bonds is 6. The van der Waals surface area contributed by atoms with Gasteiger partial charge >= 0.3 is 0 Å². The van der Waals surface area contributed by atoms with Crippen molar-refractivity contribution >= 4 is 12.4 Å². The second-order valence-electron chi connectivity index (χ2n) is 1.78. The third-order valence-electron chi connectivity index (χ3n) is 1.18. The van der Waals surface area contributed by atoms with Crippen LogP contribution in [0.1, 0.15) is 0 Å². The largest absolute Gasteiger partial charge is 0.261 e. The van der Waals surface area contributed by atoms with E-state index in [2.05, 4.69) is 21.7 Å². The lowest BCUT2D eigenvalue weighted by molar-refractivity contribution is 0.145. The maximum atomic E-state index is 2.98. The van der Waals surface area contributed by atoms with Crippen LogP contribution < -0.4 is 21.7 Å². The van der Waals surface area contributed by atoms with Crippen molar-refractivity contribution in [2.75, 3.05) is 34.2 Å². The van der Waals surface area contributed by atoms with Gasteiger partial charge in [0.25, 0.3) is 0 Å². The van der Waals surface area contributed by atoms with Gasteiger partial charge in [-0.3, -0.25) is 10.9 Å². The van der Waals surface area contributed by atoms with E-state index in [1.165, 1.54) is 0 Å². The highest BCUT2D eigenvalue weighted by Gasteiger charge is 1.94. The fraction of sp³-hybridized carbons (Fsp3) is 1.00. The molecule has 11 heavy (non-hydrogen) atoms. The molecule has 0 spiro atoms. The zero-order valence-electron chi connectivity index (χ0n) is 7.27. The van der Waals surface area contributed by atoms with E-state index in [4.69, 9.17) is 0 Å². The minimum Gasteiger partial charge on any atom is -0.261 e. The van der Waals surface area contributed by atoms with E-state index in [0.717, 1.165) is 13.1 Å². The number of hydrazine groups is 3. The van der Waals surface area contributed by atoms with Crippen LogP contribution in [0.4, 0.5) is 0 Å². The summed E-state index contributed by atoms with van der Waals surface area (Å²) in [5.41, 5.74) is 11.7. The van der Waals surface area contributed by atoms with E-state index >= 15 is 0 Å². The molecule has 0 aliphatic heterocycles. The Hall–Kier alpha value is 0.0900. The van der Waals surface area contributed by atoms with Crippen LogP contribution in [0.3, 0.4) is 0 Å². The number of nitrogens with one attached hydrogen (secondary N) is 4. The molecule has 6 heteroatoms. The highest BCUT2D eigenvalue weighted by atomic mass is 35.5. The summed E-state index contributed by atoms with van der Waals surface area (Å²) in [4.78, 5) is 0. The standard InChI is InChI=1S/C5H17N5.ClH/c1-6-9-4-5-10(7-2)8-3;/h6-9H,4-5H2,1-3H3;1H. The van der Waals surface area contributed by atoms with Gasteiger partial charge in [-0.2, -0.15) is 5.12 Å². The molecular formula is C5H18ClN5. The van der Waals surface area contributed by atoms with Crippen LogP contribution in [0.25, 0.3) is 0 Å². The maximum Gasteiger partial charge on any atom is 0.0427 e. The fourth-order valence-corrected chi connectivity index (χ4v) is 0.628. The van der Waals surface area contributed by atoms with Crippen LogP contribution in [0, 0.1) is 0 Å². The van der Waals surface area contributed by atoms with Gasteiger partial charge in [-0.1, -0.05) is 0 Å². The molecular weight excluding hydrogens is 166 g/mol. The van der Waals surface area contributed by atoms with Crippen molar-refractivity contribution in [3.8, 4) is 0 Å². The summed E-state index contributed by atoms with van der Waals surface area (Å²) in [5.74, 6) is 0. The predicted octanol–water partition coefficient (Wildman–Crippen LogP) is -1.30. The Kier molecular flexibility index (Phi) is 12.5. The molecule has 0 aliphatic rings. The lowest BCUT2D eigenvalue weighted by atomic mass is 10.7. The second kappa shape index (κ2) is 10.1. The summed E-state index contributed by atoms with van der Waals surface area (Å²) in [6.07, 6.45) is 0. The van der Waals surface area contributed by atoms with Crippen LogP contribution >= 0.6 is 12.4 Å². The summed E-state index contributed by atoms with van der Waals surface area (Å²) >= 11 is 0. The van der Waals surface area contributed by atoms with Crippen LogP contribution in [0.2, 0.25) is 0 Å². The van der Waals surface area contributed by atoms with Crippen LogP contribution in [0.15, 0.2) is 0 Å². The highest BCUT2D eigenvalue weighted by Crippen LogP contribution is 1.67. The maximum absolute atomic E-state index is 2.98. The van der Waals surface area contributed by atoms with Gasteiger partial charge in [-0.15, -0.1) is 12.4 Å². The minimum absolute atomic E-state index is 0. The van der Waals surface area contributed by atoms with Crippen LogP contribution in [-0.2, 0) is 0 Å². The topological polar surface area (TPSA) is 51.4 Å². The highest BCUT2D eigenvalue weighted by molar-refractivity contribution is 5.85. The second-order valence-corrected chi connectivity index (χ2v) is 1.78. The first-order valence-electron chi connectivity index (χ1n) is 3.37. The van der Waals surface area contributed by atoms with Gasteiger partial charge < -0.3 is 0 Å². The Morgan fingerprint density at radius 2 is 1.64 bits per heavy atom. The Balaban J connectivity index is 0. The smallest absolute Gasteiger partial charge is 0.0427 e. The fourth-order valence-electron chi connectivity index (χ4n) is 0.628. The number of halogens is 1. The molecule has 0 aromatic rings. The van der Waals surface area contributed by atoms with Crippen molar-refractivity contribution in [1.82, 2.24) is 26.8 Å². The number of nitrogens with zero attached hydrogens (tertiary/aromatic N) is 1. The summed E-state index contributed by atoms with van der Waals surface area (Å²) < 4.78 is 0. The molecule has 0 rings (SSSR count). The van der Waals surface area contributed by atoms with Gasteiger partial charge in [0, 0.05) is 27.2 Å². The van der Waals surface area contributed by atoms with Crippen molar-refractivity contribution in [2.45, 2.75) is 0 Å². The zero-order valence-corrected chi connectivity index (χ0v) is 8.09. The molecule has 0 bridgehead atoms. The van der Waals surface area contributed by atoms with Crippen LogP contribution in [-0.4, -0.2) is 39.4 Å². The van der Waals surface area contributed by atoms with E-state index in [0.29, 0.717) is 0 Å². The molecule has 0 aromatic carbocycles. The monoisotopic (exact) mass is 183 g/mol. The Morgan fingerprint density at radius 1 is 1.09 bits per heavy atom. The Labute approximate surface area is 74.2 Å². The van der Waals surface area contributed by atoms with Crippen molar-refractivity contribution < 1.29 is 0 Å². The van der Waals surface area contributed by atoms with E-state index in [9.17, 15) is 0 Å². The third-order valence-corrected chi connectivity index (χ3v) is 1.18. The average Bonchev–Trinajstić information content (AvgIpc) is 1.99. The quantitative estimate of drug-likeness (QED) is 0.305. The molecule has 0 radical (unpaired) electrons. The molecule has 0 heterocycles.